The second-order valence-corrected chi connectivity index (χ2v) is 8.06. The molecule has 3 aromatic rings. The van der Waals surface area contributed by atoms with Gasteiger partial charge in [-0.2, -0.15) is 0 Å². The molecule has 1 amide bonds. The van der Waals surface area contributed by atoms with Crippen molar-refractivity contribution >= 4 is 23.5 Å². The molecule has 2 heterocycles. The Bertz CT molecular complexity index is 1020. The third kappa shape index (κ3) is 4.62. The molecule has 6 heteroatoms. The van der Waals surface area contributed by atoms with Crippen molar-refractivity contribution in [2.45, 2.75) is 38.1 Å². The Morgan fingerprint density at radius 1 is 1.13 bits per heavy atom. The number of halogens is 1. The van der Waals surface area contributed by atoms with E-state index < -0.39 is 0 Å². The van der Waals surface area contributed by atoms with Crippen molar-refractivity contribution in [3.8, 4) is 11.1 Å². The molecular weight excluding hydrogens is 396 g/mol. The molecule has 1 aliphatic rings. The third-order valence-electron chi connectivity index (χ3n) is 5.58. The molecule has 1 aromatic heterocycles. The third-order valence-corrected chi connectivity index (χ3v) is 5.82. The van der Waals surface area contributed by atoms with Crippen LogP contribution in [0.2, 0.25) is 5.02 Å². The molecule has 2 N–H and O–H groups in total. The van der Waals surface area contributed by atoms with Gasteiger partial charge in [0.2, 0.25) is 11.9 Å². The Morgan fingerprint density at radius 3 is 2.77 bits per heavy atom. The average molecular weight is 421 g/mol. The summed E-state index contributed by atoms with van der Waals surface area (Å²) in [6.45, 7) is 0.733. The first-order chi connectivity index (χ1) is 14.6. The van der Waals surface area contributed by atoms with Gasteiger partial charge in [-0.25, -0.2) is 9.97 Å². The van der Waals surface area contributed by atoms with E-state index in [1.54, 1.807) is 6.20 Å². The molecule has 1 fully saturated rings. The maximum absolute atomic E-state index is 13.2. The van der Waals surface area contributed by atoms with Gasteiger partial charge in [-0.1, -0.05) is 54.1 Å². The number of nitrogens with two attached hydrogens (primary N) is 1. The lowest BCUT2D eigenvalue weighted by molar-refractivity contribution is -0.135. The summed E-state index contributed by atoms with van der Waals surface area (Å²) < 4.78 is 0. The zero-order valence-electron chi connectivity index (χ0n) is 16.8. The molecular formula is C24H25ClN4O. The first-order valence-corrected chi connectivity index (χ1v) is 10.7. The molecule has 1 atom stereocenters. The molecule has 30 heavy (non-hydrogen) atoms. The van der Waals surface area contributed by atoms with Crippen LogP contribution in [0.1, 0.15) is 43.0 Å². The Labute approximate surface area is 181 Å². The molecule has 1 aliphatic heterocycles. The summed E-state index contributed by atoms with van der Waals surface area (Å²) >= 11 is 6.21. The molecule has 0 bridgehead atoms. The fourth-order valence-electron chi connectivity index (χ4n) is 4.10. The molecule has 5 nitrogen and oxygen atoms in total. The van der Waals surface area contributed by atoms with E-state index >= 15 is 0 Å². The number of nitrogens with zero attached hydrogens (tertiary/aromatic N) is 3. The summed E-state index contributed by atoms with van der Waals surface area (Å²) in [5, 5.41) is 0.648. The molecule has 154 valence electrons. The van der Waals surface area contributed by atoms with Crippen molar-refractivity contribution < 1.29 is 4.79 Å². The number of rotatable bonds is 5. The predicted molar refractivity (Wildman–Crippen MR) is 120 cm³/mol. The van der Waals surface area contributed by atoms with E-state index in [0.717, 1.165) is 49.0 Å². The highest BCUT2D eigenvalue weighted by Gasteiger charge is 2.31. The van der Waals surface area contributed by atoms with Gasteiger partial charge in [0.15, 0.2) is 0 Å². The minimum absolute atomic E-state index is 0.110. The number of amides is 1. The summed E-state index contributed by atoms with van der Waals surface area (Å²) in [6, 6.07) is 17.6. The number of carbonyl (C=O) groups is 1. The highest BCUT2D eigenvalue weighted by atomic mass is 35.5. The van der Waals surface area contributed by atoms with Crippen LogP contribution in [-0.2, 0) is 11.2 Å². The van der Waals surface area contributed by atoms with E-state index in [2.05, 4.69) is 22.1 Å². The number of benzene rings is 2. The molecule has 4 rings (SSSR count). The van der Waals surface area contributed by atoms with E-state index in [9.17, 15) is 4.79 Å². The van der Waals surface area contributed by atoms with Crippen molar-refractivity contribution in [3.63, 3.8) is 0 Å². The number of hydrogen-bond donors (Lipinski definition) is 1. The summed E-state index contributed by atoms with van der Waals surface area (Å²) in [4.78, 5) is 23.9. The lowest BCUT2D eigenvalue weighted by atomic mass is 9.93. The van der Waals surface area contributed by atoms with E-state index in [4.69, 9.17) is 17.3 Å². The van der Waals surface area contributed by atoms with Gasteiger partial charge in [0.1, 0.15) is 0 Å². The second kappa shape index (κ2) is 9.26. The van der Waals surface area contributed by atoms with Gasteiger partial charge in [-0.3, -0.25) is 4.79 Å². The van der Waals surface area contributed by atoms with Crippen LogP contribution in [0.25, 0.3) is 11.1 Å². The summed E-state index contributed by atoms with van der Waals surface area (Å²) in [5.74, 6) is 0.371. The monoisotopic (exact) mass is 420 g/mol. The summed E-state index contributed by atoms with van der Waals surface area (Å²) in [6.07, 6.45) is 5.86. The first-order valence-electron chi connectivity index (χ1n) is 10.3. The number of nitrogen functional groups attached to an aromatic ring is 1. The van der Waals surface area contributed by atoms with E-state index in [1.165, 1.54) is 5.56 Å². The van der Waals surface area contributed by atoms with Crippen molar-refractivity contribution in [1.29, 1.82) is 0 Å². The second-order valence-electron chi connectivity index (χ2n) is 7.62. The summed E-state index contributed by atoms with van der Waals surface area (Å²) in [5.41, 5.74) is 9.73. The normalized spacial score (nSPS) is 16.4. The van der Waals surface area contributed by atoms with E-state index in [1.807, 2.05) is 47.4 Å². The minimum atomic E-state index is -0.110. The van der Waals surface area contributed by atoms with Crippen LogP contribution in [-0.4, -0.2) is 27.3 Å². The maximum Gasteiger partial charge on any atom is 0.223 e. The Morgan fingerprint density at radius 2 is 1.97 bits per heavy atom. The lowest BCUT2D eigenvalue weighted by Crippen LogP contribution is -2.39. The van der Waals surface area contributed by atoms with Gasteiger partial charge in [0.05, 0.1) is 11.7 Å². The van der Waals surface area contributed by atoms with Gasteiger partial charge >= 0.3 is 0 Å². The minimum Gasteiger partial charge on any atom is -0.368 e. The number of carbonyl (C=O) groups excluding carboxylic acids is 1. The standard InChI is InChI=1S/C24H25ClN4O/c25-19-10-6-9-18(15-19)20-16-27-24(26)28-23(20)21-11-4-5-14-29(21)22(30)13-12-17-7-2-1-3-8-17/h1-3,6-10,15-16,21H,4-5,11-14H2,(H2,26,27,28)/t21-/m0/s1. The zero-order chi connectivity index (χ0) is 20.9. The van der Waals surface area contributed by atoms with Gasteiger partial charge in [0.25, 0.3) is 0 Å². The SMILES string of the molecule is Nc1ncc(-c2cccc(Cl)c2)c([C@@H]2CCCCN2C(=O)CCc2ccccc2)n1. The molecule has 0 aliphatic carbocycles. The molecule has 0 saturated carbocycles. The lowest BCUT2D eigenvalue weighted by Gasteiger charge is -2.36. The van der Waals surface area contributed by atoms with Gasteiger partial charge < -0.3 is 10.6 Å². The number of aryl methyl sites for hydroxylation is 1. The topological polar surface area (TPSA) is 72.1 Å². The molecule has 0 radical (unpaired) electrons. The van der Waals surface area contributed by atoms with E-state index in [-0.39, 0.29) is 17.9 Å². The highest BCUT2D eigenvalue weighted by molar-refractivity contribution is 6.30. The molecule has 0 spiro atoms. The van der Waals surface area contributed by atoms with Crippen LogP contribution in [0.3, 0.4) is 0 Å². The van der Waals surface area contributed by atoms with Crippen LogP contribution in [0, 0.1) is 0 Å². The van der Waals surface area contributed by atoms with E-state index in [0.29, 0.717) is 11.4 Å². The van der Waals surface area contributed by atoms with Gasteiger partial charge in [-0.05, 0) is 48.9 Å². The van der Waals surface area contributed by atoms with Crippen molar-refractivity contribution in [1.82, 2.24) is 14.9 Å². The van der Waals surface area contributed by atoms with Gasteiger partial charge in [-0.15, -0.1) is 0 Å². The largest absolute Gasteiger partial charge is 0.368 e. The number of anilines is 1. The van der Waals surface area contributed by atoms with Crippen LogP contribution in [0.4, 0.5) is 5.95 Å². The zero-order valence-corrected chi connectivity index (χ0v) is 17.6. The van der Waals surface area contributed by atoms with Crippen LogP contribution in [0.5, 0.6) is 0 Å². The number of hydrogen-bond acceptors (Lipinski definition) is 4. The summed E-state index contributed by atoms with van der Waals surface area (Å²) in [7, 11) is 0. The van der Waals surface area contributed by atoms with Gasteiger partial charge in [0, 0.05) is 29.7 Å². The highest BCUT2D eigenvalue weighted by Crippen LogP contribution is 2.36. The number of piperidine rings is 1. The Kier molecular flexibility index (Phi) is 6.29. The molecule has 1 saturated heterocycles. The van der Waals surface area contributed by atoms with Crippen molar-refractivity contribution in [2.24, 2.45) is 0 Å². The fourth-order valence-corrected chi connectivity index (χ4v) is 4.29. The quantitative estimate of drug-likeness (QED) is 0.625. The Balaban J connectivity index is 1.62. The van der Waals surface area contributed by atoms with Crippen LogP contribution < -0.4 is 5.73 Å². The van der Waals surface area contributed by atoms with Crippen LogP contribution in [0.15, 0.2) is 60.8 Å². The predicted octanol–water partition coefficient (Wildman–Crippen LogP) is 5.07. The van der Waals surface area contributed by atoms with Crippen molar-refractivity contribution in [3.05, 3.63) is 77.1 Å². The number of likely N-dealkylation sites (tertiary alicyclic amines) is 1. The first kappa shape index (κ1) is 20.4. The fraction of sp³-hybridized carbons (Fsp3) is 0.292. The molecule has 2 aromatic carbocycles. The average Bonchev–Trinajstić information content (AvgIpc) is 2.78. The number of aromatic nitrogens is 2. The van der Waals surface area contributed by atoms with Crippen molar-refractivity contribution in [2.75, 3.05) is 12.3 Å². The Hall–Kier alpha value is -2.92. The molecule has 0 unspecified atom stereocenters. The maximum atomic E-state index is 13.2. The van der Waals surface area contributed by atoms with Crippen LogP contribution >= 0.6 is 11.6 Å². The smallest absolute Gasteiger partial charge is 0.223 e.